The van der Waals surface area contributed by atoms with E-state index in [0.29, 0.717) is 12.6 Å². The van der Waals surface area contributed by atoms with Gasteiger partial charge in [0.25, 0.3) is 0 Å². The smallest absolute Gasteiger partial charge is 0.123 e. The van der Waals surface area contributed by atoms with E-state index >= 15 is 0 Å². The molecular formula is C16H24FNO2. The topological polar surface area (TPSA) is 32.7 Å². The number of hydrogen-bond donors (Lipinski definition) is 1. The van der Waals surface area contributed by atoms with Gasteiger partial charge in [0, 0.05) is 19.2 Å². The summed E-state index contributed by atoms with van der Waals surface area (Å²) in [5.74, 6) is 0.481. The predicted octanol–water partition coefficient (Wildman–Crippen LogP) is 2.83. The highest BCUT2D eigenvalue weighted by Gasteiger charge is 2.21. The number of hydrogen-bond acceptors (Lipinski definition) is 3. The van der Waals surface area contributed by atoms with Gasteiger partial charge in [0.2, 0.25) is 0 Å². The molecule has 0 radical (unpaired) electrons. The lowest BCUT2D eigenvalue weighted by atomic mass is 9.99. The Morgan fingerprint density at radius 3 is 2.80 bits per heavy atom. The van der Waals surface area contributed by atoms with Crippen LogP contribution in [0.25, 0.3) is 0 Å². The van der Waals surface area contributed by atoms with Crippen LogP contribution in [0.1, 0.15) is 32.1 Å². The summed E-state index contributed by atoms with van der Waals surface area (Å²) in [5.41, 5.74) is 0. The zero-order valence-corrected chi connectivity index (χ0v) is 11.9. The molecule has 1 fully saturated rings. The van der Waals surface area contributed by atoms with Crippen LogP contribution in [0.3, 0.4) is 0 Å². The van der Waals surface area contributed by atoms with Gasteiger partial charge in [0.15, 0.2) is 0 Å². The first-order valence-corrected chi connectivity index (χ1v) is 7.53. The molecule has 20 heavy (non-hydrogen) atoms. The number of aliphatic hydroxyl groups excluding tert-OH is 1. The van der Waals surface area contributed by atoms with E-state index in [1.165, 1.54) is 31.4 Å². The number of benzene rings is 1. The first-order chi connectivity index (χ1) is 9.79. The molecule has 1 aromatic carbocycles. The fourth-order valence-corrected chi connectivity index (χ4v) is 2.82. The van der Waals surface area contributed by atoms with Crippen LogP contribution in [-0.2, 0) is 0 Å². The van der Waals surface area contributed by atoms with Crippen LogP contribution < -0.4 is 4.74 Å². The highest BCUT2D eigenvalue weighted by molar-refractivity contribution is 5.21. The monoisotopic (exact) mass is 281 g/mol. The minimum atomic E-state index is -0.238. The van der Waals surface area contributed by atoms with E-state index in [1.54, 1.807) is 12.1 Å². The van der Waals surface area contributed by atoms with Crippen LogP contribution in [0.5, 0.6) is 5.75 Å². The molecule has 0 saturated carbocycles. The van der Waals surface area contributed by atoms with Crippen molar-refractivity contribution in [2.24, 2.45) is 0 Å². The fourth-order valence-electron chi connectivity index (χ4n) is 2.82. The summed E-state index contributed by atoms with van der Waals surface area (Å²) < 4.78 is 18.4. The largest absolute Gasteiger partial charge is 0.494 e. The molecule has 0 bridgehead atoms. The van der Waals surface area contributed by atoms with Gasteiger partial charge in [-0.2, -0.15) is 0 Å². The molecule has 3 nitrogen and oxygen atoms in total. The van der Waals surface area contributed by atoms with Crippen molar-refractivity contribution in [2.75, 3.05) is 26.3 Å². The molecule has 1 heterocycles. The van der Waals surface area contributed by atoms with Crippen molar-refractivity contribution >= 4 is 0 Å². The summed E-state index contributed by atoms with van der Waals surface area (Å²) in [7, 11) is 0. The van der Waals surface area contributed by atoms with Crippen LogP contribution in [0.4, 0.5) is 4.39 Å². The van der Waals surface area contributed by atoms with Crippen LogP contribution in [0.2, 0.25) is 0 Å². The van der Waals surface area contributed by atoms with E-state index in [0.717, 1.165) is 31.7 Å². The number of likely N-dealkylation sites (tertiary alicyclic amines) is 1. The highest BCUT2D eigenvalue weighted by Crippen LogP contribution is 2.19. The summed E-state index contributed by atoms with van der Waals surface area (Å²) in [6, 6.07) is 6.67. The number of halogens is 1. The number of rotatable bonds is 7. The molecule has 0 spiro atoms. The number of piperidine rings is 1. The molecule has 0 amide bonds. The molecule has 1 N–H and O–H groups in total. The first-order valence-electron chi connectivity index (χ1n) is 7.53. The van der Waals surface area contributed by atoms with Crippen LogP contribution in [-0.4, -0.2) is 42.4 Å². The van der Waals surface area contributed by atoms with Crippen LogP contribution in [0, 0.1) is 5.82 Å². The standard InChI is InChI=1S/C16H24FNO2/c17-14-5-7-16(8-6-14)20-13-3-11-18-10-2-1-4-15(18)9-12-19/h5-8,15,19H,1-4,9-13H2. The summed E-state index contributed by atoms with van der Waals surface area (Å²) >= 11 is 0. The fraction of sp³-hybridized carbons (Fsp3) is 0.625. The summed E-state index contributed by atoms with van der Waals surface area (Å²) in [6.07, 6.45) is 5.55. The second kappa shape index (κ2) is 8.22. The second-order valence-electron chi connectivity index (χ2n) is 5.35. The Balaban J connectivity index is 1.67. The SMILES string of the molecule is OCCC1CCCCN1CCCOc1ccc(F)cc1. The minimum Gasteiger partial charge on any atom is -0.494 e. The lowest BCUT2D eigenvalue weighted by Gasteiger charge is -2.35. The van der Waals surface area contributed by atoms with Crippen molar-refractivity contribution < 1.29 is 14.2 Å². The number of nitrogens with zero attached hydrogens (tertiary/aromatic N) is 1. The molecule has 4 heteroatoms. The molecule has 0 aromatic heterocycles. The van der Waals surface area contributed by atoms with Gasteiger partial charge in [0.1, 0.15) is 11.6 Å². The Morgan fingerprint density at radius 1 is 1.25 bits per heavy atom. The number of aliphatic hydroxyl groups is 1. The van der Waals surface area contributed by atoms with Crippen molar-refractivity contribution in [2.45, 2.75) is 38.1 Å². The third kappa shape index (κ3) is 4.76. The van der Waals surface area contributed by atoms with Crippen molar-refractivity contribution in [1.29, 1.82) is 0 Å². The maximum absolute atomic E-state index is 12.8. The van der Waals surface area contributed by atoms with E-state index in [9.17, 15) is 4.39 Å². The van der Waals surface area contributed by atoms with Crippen molar-refractivity contribution in [3.8, 4) is 5.75 Å². The predicted molar refractivity (Wildman–Crippen MR) is 77.4 cm³/mol. The molecule has 1 atom stereocenters. The van der Waals surface area contributed by atoms with E-state index in [4.69, 9.17) is 9.84 Å². The molecule has 112 valence electrons. The van der Waals surface area contributed by atoms with Crippen LogP contribution >= 0.6 is 0 Å². The first kappa shape index (κ1) is 15.3. The molecular weight excluding hydrogens is 257 g/mol. The Kier molecular flexibility index (Phi) is 6.27. The van der Waals surface area contributed by atoms with Gasteiger partial charge in [-0.25, -0.2) is 4.39 Å². The van der Waals surface area contributed by atoms with E-state index < -0.39 is 0 Å². The maximum atomic E-state index is 12.8. The Bertz CT molecular complexity index is 381. The van der Waals surface area contributed by atoms with Gasteiger partial charge in [-0.1, -0.05) is 6.42 Å². The third-order valence-electron chi connectivity index (χ3n) is 3.88. The van der Waals surface area contributed by atoms with Crippen molar-refractivity contribution in [3.05, 3.63) is 30.1 Å². The minimum absolute atomic E-state index is 0.238. The van der Waals surface area contributed by atoms with E-state index in [1.807, 2.05) is 0 Å². The van der Waals surface area contributed by atoms with Gasteiger partial charge in [-0.05, 0) is 56.5 Å². The van der Waals surface area contributed by atoms with Gasteiger partial charge in [0.05, 0.1) is 6.61 Å². The molecule has 1 aliphatic rings. The van der Waals surface area contributed by atoms with Gasteiger partial charge < -0.3 is 14.7 Å². The summed E-state index contributed by atoms with van der Waals surface area (Å²) in [4.78, 5) is 2.47. The molecule has 1 saturated heterocycles. The zero-order chi connectivity index (χ0) is 14.2. The van der Waals surface area contributed by atoms with Crippen LogP contribution in [0.15, 0.2) is 24.3 Å². The van der Waals surface area contributed by atoms with Gasteiger partial charge in [-0.3, -0.25) is 0 Å². The molecule has 2 rings (SSSR count). The Hall–Kier alpha value is -1.13. The average molecular weight is 281 g/mol. The summed E-state index contributed by atoms with van der Waals surface area (Å²) in [5, 5.41) is 9.10. The van der Waals surface area contributed by atoms with Gasteiger partial charge >= 0.3 is 0 Å². The summed E-state index contributed by atoms with van der Waals surface area (Å²) in [6.45, 7) is 3.05. The maximum Gasteiger partial charge on any atom is 0.123 e. The molecule has 1 unspecified atom stereocenters. The van der Waals surface area contributed by atoms with Gasteiger partial charge in [-0.15, -0.1) is 0 Å². The molecule has 1 aliphatic heterocycles. The lowest BCUT2D eigenvalue weighted by Crippen LogP contribution is -2.40. The quantitative estimate of drug-likeness (QED) is 0.780. The normalized spacial score (nSPS) is 20.0. The van der Waals surface area contributed by atoms with E-state index in [2.05, 4.69) is 4.90 Å². The van der Waals surface area contributed by atoms with Crippen molar-refractivity contribution in [3.63, 3.8) is 0 Å². The lowest BCUT2D eigenvalue weighted by molar-refractivity contribution is 0.112. The second-order valence-corrected chi connectivity index (χ2v) is 5.35. The third-order valence-corrected chi connectivity index (χ3v) is 3.88. The average Bonchev–Trinajstić information content (AvgIpc) is 2.47. The van der Waals surface area contributed by atoms with Crippen molar-refractivity contribution in [1.82, 2.24) is 4.90 Å². The Labute approximate surface area is 120 Å². The molecule has 0 aliphatic carbocycles. The molecule has 1 aromatic rings. The van der Waals surface area contributed by atoms with E-state index in [-0.39, 0.29) is 12.4 Å². The number of ether oxygens (including phenoxy) is 1. The Morgan fingerprint density at radius 2 is 2.05 bits per heavy atom. The highest BCUT2D eigenvalue weighted by atomic mass is 19.1. The zero-order valence-electron chi connectivity index (χ0n) is 11.9.